The summed E-state index contributed by atoms with van der Waals surface area (Å²) in [7, 11) is 0. The third-order valence-corrected chi connectivity index (χ3v) is 0. The van der Waals surface area contributed by atoms with Gasteiger partial charge in [-0.05, 0) is 0 Å². The molecule has 3 radical (unpaired) electrons. The number of hydrogen-bond donors (Lipinski definition) is 0. The molecule has 7 heteroatoms. The quantitative estimate of drug-likeness (QED) is 0.310. The van der Waals surface area contributed by atoms with E-state index in [1.54, 1.807) is 0 Å². The zero-order valence-electron chi connectivity index (χ0n) is 2.83. The van der Waals surface area contributed by atoms with Crippen LogP contribution >= 0.6 is 0 Å². The average molecular weight is 572 g/mol. The van der Waals surface area contributed by atoms with Crippen LogP contribution in [0.4, 0.5) is 0 Å². The zero-order chi connectivity index (χ0) is 0. The normalized spacial score (nSPS) is 0. The van der Waals surface area contributed by atoms with Crippen molar-refractivity contribution in [3.8, 4) is 0 Å². The molecule has 0 nitrogen and oxygen atoms in total. The summed E-state index contributed by atoms with van der Waals surface area (Å²) in [6.07, 6.45) is 0. The molecular formula is Cr2EuSe4. The van der Waals surface area contributed by atoms with Gasteiger partial charge in [-0.25, -0.2) is 0 Å². The Balaban J connectivity index is 0. The summed E-state index contributed by atoms with van der Waals surface area (Å²) in [5.74, 6) is 0. The Kier molecular flexibility index (Phi) is 392. The molecule has 0 atom stereocenters. The molecule has 43 valence electrons. The van der Waals surface area contributed by atoms with Crippen LogP contribution in [-0.4, -0.2) is 68.3 Å². The monoisotopic (exact) mass is 576 g/mol. The fourth-order valence-corrected chi connectivity index (χ4v) is 0. The molecule has 0 aliphatic carbocycles. The van der Waals surface area contributed by atoms with Gasteiger partial charge >= 0.3 is 84.1 Å². The number of hydrogen-bond acceptors (Lipinski definition) is 0. The van der Waals surface area contributed by atoms with Crippen LogP contribution in [0.25, 0.3) is 0 Å². The molecule has 0 fully saturated rings. The van der Waals surface area contributed by atoms with Gasteiger partial charge in [-0.15, -0.1) is 0 Å². The second kappa shape index (κ2) is 45.4. The summed E-state index contributed by atoms with van der Waals surface area (Å²) in [5, 5.41) is 0. The van der Waals surface area contributed by atoms with Crippen molar-refractivity contribution in [1.29, 1.82) is 0 Å². The molecule has 0 aromatic heterocycles. The van der Waals surface area contributed by atoms with E-state index in [4.69, 9.17) is 0 Å². The molecule has 0 bridgehead atoms. The minimum Gasteiger partial charge on any atom is -2.00 e. The summed E-state index contributed by atoms with van der Waals surface area (Å²) in [6, 6.07) is 0. The molecule has 0 N–H and O–H groups in total. The Hall–Kier alpha value is 4.73. The summed E-state index contributed by atoms with van der Waals surface area (Å²) >= 11 is 0. The maximum absolute atomic E-state index is 0. The molecule has 7 heavy (non-hydrogen) atoms. The molecule has 0 aromatic carbocycles. The molecule has 0 aliphatic rings. The first-order valence-electron chi connectivity index (χ1n) is 0. The van der Waals surface area contributed by atoms with Crippen LogP contribution in [0.3, 0.4) is 0 Å². The molecule has 0 aliphatic heterocycles. The van der Waals surface area contributed by atoms with Crippen molar-refractivity contribution in [3.63, 3.8) is 0 Å². The van der Waals surface area contributed by atoms with E-state index in [0.29, 0.717) is 0 Å². The van der Waals surface area contributed by atoms with Gasteiger partial charge in [0.15, 0.2) is 0 Å². The Morgan fingerprint density at radius 3 is 0.429 bits per heavy atom. The fourth-order valence-electron chi connectivity index (χ4n) is 0. The molecule has 0 spiro atoms. The third kappa shape index (κ3) is 36.6. The van der Waals surface area contributed by atoms with Crippen LogP contribution in [0.1, 0.15) is 0 Å². The van der Waals surface area contributed by atoms with E-state index in [9.17, 15) is 0 Å². The van der Waals surface area contributed by atoms with Gasteiger partial charge in [-0.3, -0.25) is 0 Å². The maximum Gasteiger partial charge on any atom is 3.00 e. The van der Waals surface area contributed by atoms with Crippen LogP contribution in [0.15, 0.2) is 0 Å². The first kappa shape index (κ1) is 60.4. The Morgan fingerprint density at radius 1 is 0.429 bits per heavy atom. The molecule has 0 saturated carbocycles. The van der Waals surface area contributed by atoms with Crippen molar-refractivity contribution >= 4 is 68.3 Å². The second-order valence-electron chi connectivity index (χ2n) is 0. The SMILES string of the molecule is [Cr+3].[Cr+3].[Eu+2].[Se-2].[Se-2].[Se-2].[Se-2]. The summed E-state index contributed by atoms with van der Waals surface area (Å²) in [6.45, 7) is 0. The van der Waals surface area contributed by atoms with Crippen molar-refractivity contribution in [1.82, 2.24) is 0 Å². The van der Waals surface area contributed by atoms with Gasteiger partial charge in [-0.1, -0.05) is 0 Å². The van der Waals surface area contributed by atoms with Crippen molar-refractivity contribution in [3.05, 3.63) is 0 Å². The third-order valence-electron chi connectivity index (χ3n) is 0. The molecular weight excluding hydrogens is 572 g/mol. The largest absolute Gasteiger partial charge is 3.00 e. The maximum atomic E-state index is 0. The Labute approximate surface area is 149 Å². The average Bonchev–Trinajstić information content (AvgIpc) is 0. The van der Waals surface area contributed by atoms with Crippen LogP contribution in [-0.2, 0) is 34.7 Å². The van der Waals surface area contributed by atoms with Gasteiger partial charge in [0.2, 0.25) is 0 Å². The van der Waals surface area contributed by atoms with E-state index in [0.717, 1.165) is 0 Å². The second-order valence-corrected chi connectivity index (χ2v) is 0. The number of rotatable bonds is 0. The van der Waals surface area contributed by atoms with Crippen LogP contribution < -0.4 is 0 Å². The van der Waals surface area contributed by atoms with Crippen LogP contribution in [0.5, 0.6) is 0 Å². The molecule has 0 heterocycles. The van der Waals surface area contributed by atoms with Crippen molar-refractivity contribution < 1.29 is 84.1 Å². The Morgan fingerprint density at radius 2 is 0.429 bits per heavy atom. The van der Waals surface area contributed by atoms with E-state index >= 15 is 0 Å². The van der Waals surface area contributed by atoms with Gasteiger partial charge in [0.1, 0.15) is 0 Å². The summed E-state index contributed by atoms with van der Waals surface area (Å²) in [5.41, 5.74) is 0. The minimum atomic E-state index is 0. The topological polar surface area (TPSA) is 0 Å². The fraction of sp³-hybridized carbons (Fsp3) is 0. The van der Waals surface area contributed by atoms with Crippen molar-refractivity contribution in [2.45, 2.75) is 0 Å². The first-order valence-corrected chi connectivity index (χ1v) is 0. The van der Waals surface area contributed by atoms with Gasteiger partial charge in [0.25, 0.3) is 0 Å². The molecule has 0 amide bonds. The van der Waals surface area contributed by atoms with Gasteiger partial charge in [0.05, 0.1) is 0 Å². The van der Waals surface area contributed by atoms with E-state index in [1.807, 2.05) is 0 Å². The molecule has 0 rings (SSSR count). The smallest absolute Gasteiger partial charge is 2.00 e. The predicted octanol–water partition coefficient (Wildman–Crippen LogP) is -1.53. The Bertz CT molecular complexity index is 9.65. The summed E-state index contributed by atoms with van der Waals surface area (Å²) < 4.78 is 0. The van der Waals surface area contributed by atoms with Gasteiger partial charge < -0.3 is 68.3 Å². The van der Waals surface area contributed by atoms with Crippen molar-refractivity contribution in [2.24, 2.45) is 0 Å². The molecule has 0 aromatic rings. The van der Waals surface area contributed by atoms with E-state index in [-0.39, 0.29) is 152 Å². The zero-order valence-corrected chi connectivity index (χ0v) is 14.7. The summed E-state index contributed by atoms with van der Waals surface area (Å²) in [4.78, 5) is 0. The van der Waals surface area contributed by atoms with Gasteiger partial charge in [0, 0.05) is 0 Å². The molecule has 0 unspecified atom stereocenters. The van der Waals surface area contributed by atoms with E-state index < -0.39 is 0 Å². The van der Waals surface area contributed by atoms with Gasteiger partial charge in [-0.2, -0.15) is 0 Å². The predicted molar refractivity (Wildman–Crippen MR) is 23.0 cm³/mol. The van der Waals surface area contributed by atoms with Crippen molar-refractivity contribution in [2.75, 3.05) is 0 Å². The van der Waals surface area contributed by atoms with Crippen LogP contribution in [0.2, 0.25) is 0 Å². The first-order chi connectivity index (χ1) is 0. The molecule has 0 saturated heterocycles. The van der Waals surface area contributed by atoms with Crippen LogP contribution in [0, 0.1) is 49.4 Å². The minimum absolute atomic E-state index is 0. The van der Waals surface area contributed by atoms with E-state index in [2.05, 4.69) is 0 Å². The standard InChI is InChI=1S/2Cr.Eu.4Se/q2*+3;+2;4*-2. The van der Waals surface area contributed by atoms with E-state index in [1.165, 1.54) is 0 Å².